The molecule has 0 fully saturated rings. The van der Waals surface area contributed by atoms with Gasteiger partial charge >= 0.3 is 12.0 Å². The average Bonchev–Trinajstić information content (AvgIpc) is 2.61. The first-order valence-electron chi connectivity index (χ1n) is 7.59. The zero-order valence-electron chi connectivity index (χ0n) is 13.6. The first kappa shape index (κ1) is 18.0. The number of ether oxygens (including phenoxy) is 1. The number of phenolic OH excluding ortho intramolecular Hbond substituents is 1. The molecule has 0 unspecified atom stereocenters. The number of nitrogens with one attached hydrogen (secondary N) is 2. The van der Waals surface area contributed by atoms with Crippen LogP contribution in [0.25, 0.3) is 0 Å². The summed E-state index contributed by atoms with van der Waals surface area (Å²) >= 11 is 0. The zero-order chi connectivity index (χ0) is 18.2. The van der Waals surface area contributed by atoms with Gasteiger partial charge in [-0.25, -0.2) is 9.59 Å². The van der Waals surface area contributed by atoms with Crippen molar-refractivity contribution in [3.8, 4) is 5.75 Å². The monoisotopic (exact) mass is 342 g/mol. The number of imide groups is 1. The molecule has 0 bridgehead atoms. The Morgan fingerprint density at radius 2 is 1.68 bits per heavy atom. The van der Waals surface area contributed by atoms with E-state index in [4.69, 9.17) is 4.74 Å². The molecule has 0 aliphatic rings. The number of carbonyl (C=O) groups excluding carboxylic acids is 3. The van der Waals surface area contributed by atoms with E-state index >= 15 is 0 Å². The van der Waals surface area contributed by atoms with E-state index in [1.807, 2.05) is 30.3 Å². The highest BCUT2D eigenvalue weighted by Gasteiger charge is 2.22. The second kappa shape index (κ2) is 8.49. The molecule has 0 aromatic heterocycles. The summed E-state index contributed by atoms with van der Waals surface area (Å²) in [5.41, 5.74) is 0.819. The van der Waals surface area contributed by atoms with Gasteiger partial charge in [-0.2, -0.15) is 0 Å². The Morgan fingerprint density at radius 1 is 1.04 bits per heavy atom. The molecule has 25 heavy (non-hydrogen) atoms. The highest BCUT2D eigenvalue weighted by molar-refractivity contribution is 5.99. The minimum atomic E-state index is -1.20. The molecule has 7 nitrogen and oxygen atoms in total. The van der Waals surface area contributed by atoms with Crippen molar-refractivity contribution in [3.63, 3.8) is 0 Å². The van der Waals surface area contributed by atoms with Crippen molar-refractivity contribution in [2.75, 3.05) is 0 Å². The first-order chi connectivity index (χ1) is 12.0. The van der Waals surface area contributed by atoms with Crippen molar-refractivity contribution in [1.82, 2.24) is 10.6 Å². The third-order valence-corrected chi connectivity index (χ3v) is 3.31. The van der Waals surface area contributed by atoms with E-state index in [-0.39, 0.29) is 17.9 Å². The molecule has 0 aliphatic heterocycles. The minimum Gasteiger partial charge on any atom is -0.507 e. The van der Waals surface area contributed by atoms with Crippen molar-refractivity contribution in [1.29, 1.82) is 0 Å². The Morgan fingerprint density at radius 3 is 2.36 bits per heavy atom. The maximum Gasteiger partial charge on any atom is 0.342 e. The lowest BCUT2D eigenvalue weighted by atomic mass is 10.2. The molecule has 3 N–H and O–H groups in total. The van der Waals surface area contributed by atoms with Crippen LogP contribution in [0.2, 0.25) is 0 Å². The van der Waals surface area contributed by atoms with E-state index in [2.05, 4.69) is 10.6 Å². The Bertz CT molecular complexity index is 761. The molecule has 7 heteroatoms. The lowest BCUT2D eigenvalue weighted by molar-refractivity contribution is -0.127. The number of benzene rings is 2. The summed E-state index contributed by atoms with van der Waals surface area (Å²) in [6.07, 6.45) is -1.20. The van der Waals surface area contributed by atoms with Crippen LogP contribution in [-0.2, 0) is 16.1 Å². The van der Waals surface area contributed by atoms with E-state index in [0.29, 0.717) is 0 Å². The zero-order valence-corrected chi connectivity index (χ0v) is 13.6. The Kier molecular flexibility index (Phi) is 6.11. The molecule has 2 aromatic rings. The number of para-hydroxylation sites is 1. The molecule has 3 amide bonds. The highest BCUT2D eigenvalue weighted by atomic mass is 16.5. The van der Waals surface area contributed by atoms with Crippen molar-refractivity contribution in [2.24, 2.45) is 0 Å². The van der Waals surface area contributed by atoms with E-state index in [0.717, 1.165) is 5.56 Å². The van der Waals surface area contributed by atoms with Gasteiger partial charge in [0.15, 0.2) is 6.10 Å². The maximum absolute atomic E-state index is 11.9. The lowest BCUT2D eigenvalue weighted by Gasteiger charge is -2.13. The van der Waals surface area contributed by atoms with Crippen LogP contribution in [-0.4, -0.2) is 29.1 Å². The molecule has 2 rings (SSSR count). The molecule has 0 saturated carbocycles. The number of amides is 3. The van der Waals surface area contributed by atoms with E-state index < -0.39 is 24.0 Å². The van der Waals surface area contributed by atoms with E-state index in [1.165, 1.54) is 19.1 Å². The largest absolute Gasteiger partial charge is 0.507 e. The lowest BCUT2D eigenvalue weighted by Crippen LogP contribution is -2.44. The fraction of sp³-hybridized carbons (Fsp3) is 0.167. The van der Waals surface area contributed by atoms with Gasteiger partial charge < -0.3 is 15.2 Å². The van der Waals surface area contributed by atoms with Crippen LogP contribution in [0.5, 0.6) is 5.75 Å². The predicted molar refractivity (Wildman–Crippen MR) is 89.8 cm³/mol. The van der Waals surface area contributed by atoms with Gasteiger partial charge in [-0.15, -0.1) is 0 Å². The summed E-state index contributed by atoms with van der Waals surface area (Å²) in [6, 6.07) is 14.3. The third kappa shape index (κ3) is 5.35. The summed E-state index contributed by atoms with van der Waals surface area (Å²) in [5, 5.41) is 14.2. The van der Waals surface area contributed by atoms with Gasteiger partial charge in [-0.1, -0.05) is 42.5 Å². The average molecular weight is 342 g/mol. The molecular weight excluding hydrogens is 324 g/mol. The van der Waals surface area contributed by atoms with Gasteiger partial charge in [-0.3, -0.25) is 10.1 Å². The number of urea groups is 1. The minimum absolute atomic E-state index is 0.0596. The van der Waals surface area contributed by atoms with Crippen molar-refractivity contribution < 1.29 is 24.2 Å². The number of rotatable bonds is 5. The molecule has 0 saturated heterocycles. The number of esters is 1. The molecule has 2 aromatic carbocycles. The van der Waals surface area contributed by atoms with Crippen LogP contribution in [0.4, 0.5) is 4.79 Å². The summed E-state index contributed by atoms with van der Waals surface area (Å²) in [4.78, 5) is 35.5. The number of hydrogen-bond donors (Lipinski definition) is 3. The highest BCUT2D eigenvalue weighted by Crippen LogP contribution is 2.17. The van der Waals surface area contributed by atoms with Crippen LogP contribution in [0.15, 0.2) is 54.6 Å². The number of carbonyl (C=O) groups is 3. The van der Waals surface area contributed by atoms with Gasteiger partial charge in [0.1, 0.15) is 11.3 Å². The van der Waals surface area contributed by atoms with E-state index in [9.17, 15) is 19.5 Å². The second-order valence-corrected chi connectivity index (χ2v) is 5.22. The normalized spacial score (nSPS) is 11.2. The molecule has 0 aliphatic carbocycles. The van der Waals surface area contributed by atoms with Gasteiger partial charge in [0.05, 0.1) is 0 Å². The number of aromatic hydroxyl groups is 1. The summed E-state index contributed by atoms with van der Waals surface area (Å²) < 4.78 is 4.95. The maximum atomic E-state index is 11.9. The van der Waals surface area contributed by atoms with Gasteiger partial charge in [0, 0.05) is 6.54 Å². The fourth-order valence-corrected chi connectivity index (χ4v) is 1.96. The Hall–Kier alpha value is -3.35. The Balaban J connectivity index is 1.82. The van der Waals surface area contributed by atoms with Gasteiger partial charge in [0.2, 0.25) is 0 Å². The topological polar surface area (TPSA) is 105 Å². The summed E-state index contributed by atoms with van der Waals surface area (Å²) in [6.45, 7) is 1.59. The number of phenols is 1. The SMILES string of the molecule is C[C@H](OC(=O)c1ccccc1O)C(=O)NC(=O)NCc1ccccc1. The van der Waals surface area contributed by atoms with Gasteiger partial charge in [0.25, 0.3) is 5.91 Å². The molecule has 0 heterocycles. The molecule has 1 atom stereocenters. The van der Waals surface area contributed by atoms with Crippen LogP contribution in [0.3, 0.4) is 0 Å². The molecule has 130 valence electrons. The predicted octanol–water partition coefficient (Wildman–Crippen LogP) is 1.96. The Labute approximate surface area is 144 Å². The quantitative estimate of drug-likeness (QED) is 0.721. The molecular formula is C18H18N2O5. The van der Waals surface area contributed by atoms with Crippen LogP contribution < -0.4 is 10.6 Å². The third-order valence-electron chi connectivity index (χ3n) is 3.31. The molecule has 0 spiro atoms. The van der Waals surface area contributed by atoms with Gasteiger partial charge in [-0.05, 0) is 24.6 Å². The van der Waals surface area contributed by atoms with E-state index in [1.54, 1.807) is 12.1 Å². The van der Waals surface area contributed by atoms with Crippen LogP contribution >= 0.6 is 0 Å². The number of hydrogen-bond acceptors (Lipinski definition) is 5. The smallest absolute Gasteiger partial charge is 0.342 e. The summed E-state index contributed by atoms with van der Waals surface area (Å²) in [5.74, 6) is -1.87. The fourth-order valence-electron chi connectivity index (χ4n) is 1.96. The van der Waals surface area contributed by atoms with Crippen molar-refractivity contribution >= 4 is 17.9 Å². The molecule has 0 radical (unpaired) electrons. The van der Waals surface area contributed by atoms with Crippen LogP contribution in [0.1, 0.15) is 22.8 Å². The van der Waals surface area contributed by atoms with Crippen molar-refractivity contribution in [3.05, 3.63) is 65.7 Å². The van der Waals surface area contributed by atoms with Crippen LogP contribution in [0, 0.1) is 0 Å². The van der Waals surface area contributed by atoms with Crippen molar-refractivity contribution in [2.45, 2.75) is 19.6 Å². The summed E-state index contributed by atoms with van der Waals surface area (Å²) in [7, 11) is 0. The second-order valence-electron chi connectivity index (χ2n) is 5.22. The standard InChI is InChI=1S/C18H18N2O5/c1-12(25-17(23)14-9-5-6-10-15(14)21)16(22)20-18(24)19-11-13-7-3-2-4-8-13/h2-10,12,21H,11H2,1H3,(H2,19,20,22,24)/t12-/m0/s1. The first-order valence-corrected chi connectivity index (χ1v) is 7.59.